The van der Waals surface area contributed by atoms with Crippen molar-refractivity contribution in [1.82, 2.24) is 4.90 Å². The lowest BCUT2D eigenvalue weighted by molar-refractivity contribution is -0.117. The summed E-state index contributed by atoms with van der Waals surface area (Å²) in [5.74, 6) is -0.0188. The number of para-hydroxylation sites is 1. The first-order valence-corrected chi connectivity index (χ1v) is 5.95. The molecule has 0 saturated carbocycles. The third-order valence-electron chi connectivity index (χ3n) is 2.83. The molecule has 0 bridgehead atoms. The number of anilines is 2. The number of benzene rings is 1. The zero-order valence-electron chi connectivity index (χ0n) is 10.8. The van der Waals surface area contributed by atoms with Gasteiger partial charge in [0.1, 0.15) is 0 Å². The average molecular weight is 235 g/mol. The van der Waals surface area contributed by atoms with Crippen molar-refractivity contribution in [2.24, 2.45) is 0 Å². The molecule has 1 amide bonds. The number of nitrogens with zero attached hydrogens (tertiary/aromatic N) is 1. The highest BCUT2D eigenvalue weighted by atomic mass is 16.2. The third kappa shape index (κ3) is 3.75. The minimum atomic E-state index is -0.0188. The lowest BCUT2D eigenvalue weighted by Crippen LogP contribution is -2.33. The van der Waals surface area contributed by atoms with Gasteiger partial charge < -0.3 is 11.1 Å². The summed E-state index contributed by atoms with van der Waals surface area (Å²) in [4.78, 5) is 13.9. The Bertz CT molecular complexity index is 366. The lowest BCUT2D eigenvalue weighted by atomic mass is 10.1. The van der Waals surface area contributed by atoms with Gasteiger partial charge in [-0.15, -0.1) is 0 Å². The SMILES string of the molecule is CCN(CC)CC(=O)Nc1c(C)cccc1N. The quantitative estimate of drug-likeness (QED) is 0.766. The van der Waals surface area contributed by atoms with Crippen LogP contribution >= 0.6 is 0 Å². The highest BCUT2D eigenvalue weighted by molar-refractivity contribution is 5.96. The van der Waals surface area contributed by atoms with Gasteiger partial charge >= 0.3 is 0 Å². The Hall–Kier alpha value is -1.55. The molecule has 1 aromatic rings. The highest BCUT2D eigenvalue weighted by Gasteiger charge is 2.10. The van der Waals surface area contributed by atoms with E-state index in [2.05, 4.69) is 10.2 Å². The van der Waals surface area contributed by atoms with Crippen LogP contribution in [0.3, 0.4) is 0 Å². The molecule has 0 saturated heterocycles. The van der Waals surface area contributed by atoms with Crippen LogP contribution in [-0.2, 0) is 4.79 Å². The van der Waals surface area contributed by atoms with Gasteiger partial charge in [0.25, 0.3) is 0 Å². The van der Waals surface area contributed by atoms with Crippen molar-refractivity contribution < 1.29 is 4.79 Å². The molecule has 0 aliphatic rings. The van der Waals surface area contributed by atoms with Gasteiger partial charge in [0.2, 0.25) is 5.91 Å². The van der Waals surface area contributed by atoms with Crippen LogP contribution in [0.15, 0.2) is 18.2 Å². The molecule has 0 heterocycles. The number of aryl methyl sites for hydroxylation is 1. The summed E-state index contributed by atoms with van der Waals surface area (Å²) in [6.07, 6.45) is 0. The Balaban J connectivity index is 2.68. The first kappa shape index (κ1) is 13.5. The fourth-order valence-electron chi connectivity index (χ4n) is 1.69. The van der Waals surface area contributed by atoms with Crippen molar-refractivity contribution in [2.45, 2.75) is 20.8 Å². The van der Waals surface area contributed by atoms with E-state index in [1.54, 1.807) is 6.07 Å². The number of nitrogens with one attached hydrogen (secondary N) is 1. The van der Waals surface area contributed by atoms with Gasteiger partial charge in [-0.25, -0.2) is 0 Å². The molecule has 0 aliphatic heterocycles. The molecule has 0 radical (unpaired) electrons. The van der Waals surface area contributed by atoms with Crippen LogP contribution in [0, 0.1) is 6.92 Å². The molecule has 0 unspecified atom stereocenters. The number of nitrogens with two attached hydrogens (primary N) is 1. The summed E-state index contributed by atoms with van der Waals surface area (Å²) in [6, 6.07) is 5.61. The van der Waals surface area contributed by atoms with Crippen LogP contribution in [0.1, 0.15) is 19.4 Å². The van der Waals surface area contributed by atoms with Crippen molar-refractivity contribution in [3.8, 4) is 0 Å². The molecule has 1 aromatic carbocycles. The van der Waals surface area contributed by atoms with Crippen LogP contribution in [0.25, 0.3) is 0 Å². The maximum Gasteiger partial charge on any atom is 0.238 e. The number of likely N-dealkylation sites (N-methyl/N-ethyl adjacent to an activating group) is 1. The molecule has 0 fully saturated rings. The van der Waals surface area contributed by atoms with Crippen LogP contribution in [-0.4, -0.2) is 30.4 Å². The summed E-state index contributed by atoms with van der Waals surface area (Å²) in [6.45, 7) is 8.16. The molecule has 0 aliphatic carbocycles. The number of rotatable bonds is 5. The third-order valence-corrected chi connectivity index (χ3v) is 2.83. The van der Waals surface area contributed by atoms with Crippen molar-refractivity contribution in [3.63, 3.8) is 0 Å². The van der Waals surface area contributed by atoms with Gasteiger partial charge in [-0.2, -0.15) is 0 Å². The molecule has 0 atom stereocenters. The van der Waals surface area contributed by atoms with E-state index in [9.17, 15) is 4.79 Å². The second-order valence-electron chi connectivity index (χ2n) is 4.05. The van der Waals surface area contributed by atoms with Crippen LogP contribution in [0.5, 0.6) is 0 Å². The number of nitrogen functional groups attached to an aromatic ring is 1. The predicted octanol–water partition coefficient (Wildman–Crippen LogP) is 1.86. The number of carbonyl (C=O) groups is 1. The number of amides is 1. The zero-order chi connectivity index (χ0) is 12.8. The van der Waals surface area contributed by atoms with E-state index in [0.717, 1.165) is 24.3 Å². The molecule has 94 valence electrons. The van der Waals surface area contributed by atoms with E-state index in [1.807, 2.05) is 32.9 Å². The van der Waals surface area contributed by atoms with Crippen molar-refractivity contribution >= 4 is 17.3 Å². The molecule has 4 heteroatoms. The molecular weight excluding hydrogens is 214 g/mol. The fourth-order valence-corrected chi connectivity index (χ4v) is 1.69. The smallest absolute Gasteiger partial charge is 0.238 e. The average Bonchev–Trinajstić information content (AvgIpc) is 2.31. The summed E-state index contributed by atoms with van der Waals surface area (Å²) in [5.41, 5.74) is 8.16. The maximum absolute atomic E-state index is 11.8. The Morgan fingerprint density at radius 1 is 1.35 bits per heavy atom. The first-order chi connectivity index (χ1) is 8.08. The van der Waals surface area contributed by atoms with E-state index >= 15 is 0 Å². The van der Waals surface area contributed by atoms with Crippen LogP contribution < -0.4 is 11.1 Å². The Kier molecular flexibility index (Phi) is 4.97. The van der Waals surface area contributed by atoms with E-state index in [0.29, 0.717) is 12.2 Å². The Morgan fingerprint density at radius 2 is 2.00 bits per heavy atom. The van der Waals surface area contributed by atoms with Gasteiger partial charge in [0.15, 0.2) is 0 Å². The summed E-state index contributed by atoms with van der Waals surface area (Å²) in [7, 11) is 0. The minimum Gasteiger partial charge on any atom is -0.397 e. The number of hydrogen-bond donors (Lipinski definition) is 2. The van der Waals surface area contributed by atoms with Gasteiger partial charge in [0.05, 0.1) is 17.9 Å². The van der Waals surface area contributed by atoms with E-state index in [1.165, 1.54) is 0 Å². The summed E-state index contributed by atoms with van der Waals surface area (Å²) < 4.78 is 0. The monoisotopic (exact) mass is 235 g/mol. The molecule has 4 nitrogen and oxygen atoms in total. The normalized spacial score (nSPS) is 10.6. The van der Waals surface area contributed by atoms with Crippen molar-refractivity contribution in [3.05, 3.63) is 23.8 Å². The minimum absolute atomic E-state index is 0.0188. The molecule has 1 rings (SSSR count). The van der Waals surface area contributed by atoms with E-state index in [4.69, 9.17) is 5.73 Å². The van der Waals surface area contributed by atoms with E-state index in [-0.39, 0.29) is 5.91 Å². The Labute approximate surface area is 103 Å². The van der Waals surface area contributed by atoms with Crippen molar-refractivity contribution in [1.29, 1.82) is 0 Å². The standard InChI is InChI=1S/C13H21N3O/c1-4-16(5-2)9-12(17)15-13-10(3)7-6-8-11(13)14/h6-8H,4-5,9,14H2,1-3H3,(H,15,17). The van der Waals surface area contributed by atoms with Crippen LogP contribution in [0.4, 0.5) is 11.4 Å². The van der Waals surface area contributed by atoms with Gasteiger partial charge in [-0.3, -0.25) is 9.69 Å². The molecular formula is C13H21N3O. The second kappa shape index (κ2) is 6.25. The number of hydrogen-bond acceptors (Lipinski definition) is 3. The van der Waals surface area contributed by atoms with Gasteiger partial charge in [-0.05, 0) is 31.6 Å². The molecule has 0 spiro atoms. The molecule has 17 heavy (non-hydrogen) atoms. The second-order valence-corrected chi connectivity index (χ2v) is 4.05. The first-order valence-electron chi connectivity index (χ1n) is 5.95. The lowest BCUT2D eigenvalue weighted by Gasteiger charge is -2.18. The van der Waals surface area contributed by atoms with E-state index < -0.39 is 0 Å². The van der Waals surface area contributed by atoms with Crippen molar-refractivity contribution in [2.75, 3.05) is 30.7 Å². The Morgan fingerprint density at radius 3 is 2.53 bits per heavy atom. The summed E-state index contributed by atoms with van der Waals surface area (Å²) in [5, 5.41) is 2.87. The zero-order valence-corrected chi connectivity index (χ0v) is 10.8. The largest absolute Gasteiger partial charge is 0.397 e. The fraction of sp³-hybridized carbons (Fsp3) is 0.462. The predicted molar refractivity (Wildman–Crippen MR) is 72.0 cm³/mol. The molecule has 0 aromatic heterocycles. The van der Waals surface area contributed by atoms with Gasteiger partial charge in [-0.1, -0.05) is 26.0 Å². The molecule has 3 N–H and O–H groups in total. The topological polar surface area (TPSA) is 58.4 Å². The maximum atomic E-state index is 11.8. The summed E-state index contributed by atoms with van der Waals surface area (Å²) >= 11 is 0. The van der Waals surface area contributed by atoms with Crippen LogP contribution in [0.2, 0.25) is 0 Å². The number of carbonyl (C=O) groups excluding carboxylic acids is 1. The highest BCUT2D eigenvalue weighted by Crippen LogP contribution is 2.22. The van der Waals surface area contributed by atoms with Gasteiger partial charge in [0, 0.05) is 0 Å².